The third kappa shape index (κ3) is 5.86. The Morgan fingerprint density at radius 3 is 2.30 bits per heavy atom. The number of fused-ring (bicyclic) bond motifs is 1. The number of rotatable bonds is 4. The first kappa shape index (κ1) is 22.0. The average molecular weight is 409 g/mol. The molecule has 1 aliphatic heterocycles. The molecule has 1 atom stereocenters. The molecule has 0 amide bonds. The molecule has 2 aromatic carbocycles. The topological polar surface area (TPSA) is 26.7 Å². The zero-order valence-electron chi connectivity index (χ0n) is 15.7. The molecular weight excluding hydrogens is 379 g/mol. The monoisotopic (exact) mass is 408 g/mol. The van der Waals surface area contributed by atoms with Gasteiger partial charge in [0.2, 0.25) is 0 Å². The molecular formula is C22H30Cl2N2O. The summed E-state index contributed by atoms with van der Waals surface area (Å²) in [7, 11) is 0. The highest BCUT2D eigenvalue weighted by molar-refractivity contribution is 5.85. The van der Waals surface area contributed by atoms with Crippen LogP contribution in [-0.4, -0.2) is 47.6 Å². The van der Waals surface area contributed by atoms with Gasteiger partial charge in [-0.2, -0.15) is 0 Å². The van der Waals surface area contributed by atoms with E-state index in [1.165, 1.54) is 62.3 Å². The summed E-state index contributed by atoms with van der Waals surface area (Å²) >= 11 is 0. The van der Waals surface area contributed by atoms with E-state index in [9.17, 15) is 5.11 Å². The van der Waals surface area contributed by atoms with Gasteiger partial charge in [0.25, 0.3) is 0 Å². The van der Waals surface area contributed by atoms with Crippen molar-refractivity contribution in [2.75, 3.05) is 32.7 Å². The number of nitrogens with zero attached hydrogens (tertiary/aromatic N) is 2. The van der Waals surface area contributed by atoms with E-state index < -0.39 is 0 Å². The lowest BCUT2D eigenvalue weighted by atomic mass is 9.83. The maximum absolute atomic E-state index is 9.63. The zero-order chi connectivity index (χ0) is 17.1. The Labute approximate surface area is 175 Å². The lowest BCUT2D eigenvalue weighted by Crippen LogP contribution is -2.47. The first-order valence-corrected chi connectivity index (χ1v) is 9.56. The largest absolute Gasteiger partial charge is 0.508 e. The van der Waals surface area contributed by atoms with Crippen molar-refractivity contribution in [3.8, 4) is 5.75 Å². The number of hydrogen-bond donors (Lipinski definition) is 1. The minimum atomic E-state index is 0. The molecule has 1 unspecified atom stereocenters. The van der Waals surface area contributed by atoms with Crippen LogP contribution in [0.2, 0.25) is 0 Å². The maximum Gasteiger partial charge on any atom is 0.115 e. The molecule has 5 heteroatoms. The number of phenolic OH excluding ortho intramolecular Hbond substituents is 1. The number of benzene rings is 2. The lowest BCUT2D eigenvalue weighted by molar-refractivity contribution is 0.110. The van der Waals surface area contributed by atoms with Gasteiger partial charge in [-0.05, 0) is 54.0 Å². The highest BCUT2D eigenvalue weighted by Crippen LogP contribution is 2.29. The molecule has 148 valence electrons. The van der Waals surface area contributed by atoms with Crippen LogP contribution in [0.15, 0.2) is 48.5 Å². The van der Waals surface area contributed by atoms with Crippen molar-refractivity contribution in [2.45, 2.75) is 25.8 Å². The summed E-state index contributed by atoms with van der Waals surface area (Å²) in [4.78, 5) is 5.22. The molecule has 1 aliphatic carbocycles. The molecule has 2 aliphatic rings. The van der Waals surface area contributed by atoms with Crippen molar-refractivity contribution >= 4 is 24.8 Å². The number of piperazine rings is 1. The minimum Gasteiger partial charge on any atom is -0.508 e. The van der Waals surface area contributed by atoms with Gasteiger partial charge in [0.05, 0.1) is 0 Å². The first-order valence-electron chi connectivity index (χ1n) is 9.56. The first-order chi connectivity index (χ1) is 12.3. The van der Waals surface area contributed by atoms with Gasteiger partial charge in [-0.3, -0.25) is 4.90 Å². The van der Waals surface area contributed by atoms with E-state index in [1.54, 1.807) is 0 Å². The molecule has 1 N–H and O–H groups in total. The number of aryl methyl sites for hydroxylation is 1. The lowest BCUT2D eigenvalue weighted by Gasteiger charge is -2.37. The second-order valence-corrected chi connectivity index (χ2v) is 7.62. The van der Waals surface area contributed by atoms with E-state index in [2.05, 4.69) is 46.2 Å². The number of aromatic hydroxyl groups is 1. The van der Waals surface area contributed by atoms with Crippen molar-refractivity contribution in [1.29, 1.82) is 0 Å². The van der Waals surface area contributed by atoms with E-state index in [-0.39, 0.29) is 24.8 Å². The maximum atomic E-state index is 9.63. The Morgan fingerprint density at radius 2 is 1.56 bits per heavy atom. The summed E-state index contributed by atoms with van der Waals surface area (Å²) in [5, 5.41) is 9.63. The second-order valence-electron chi connectivity index (χ2n) is 7.62. The molecule has 1 fully saturated rings. The van der Waals surface area contributed by atoms with Gasteiger partial charge >= 0.3 is 0 Å². The summed E-state index contributed by atoms with van der Waals surface area (Å²) in [6, 6.07) is 16.7. The molecule has 0 spiro atoms. The quantitative estimate of drug-likeness (QED) is 0.822. The SMILES string of the molecule is Cl.Cl.Oc1ccc2c(c1)CCC(CN1CCN(Cc3ccccc3)CC1)C2. The van der Waals surface area contributed by atoms with E-state index in [1.807, 2.05) is 12.1 Å². The van der Waals surface area contributed by atoms with Crippen LogP contribution in [0.4, 0.5) is 0 Å². The van der Waals surface area contributed by atoms with Crippen LogP contribution in [0.5, 0.6) is 5.75 Å². The van der Waals surface area contributed by atoms with Gasteiger partial charge in [-0.15, -0.1) is 24.8 Å². The molecule has 0 bridgehead atoms. The summed E-state index contributed by atoms with van der Waals surface area (Å²) in [6.07, 6.45) is 3.53. The van der Waals surface area contributed by atoms with Crippen LogP contribution in [0.3, 0.4) is 0 Å². The fourth-order valence-electron chi connectivity index (χ4n) is 4.31. The van der Waals surface area contributed by atoms with E-state index in [0.29, 0.717) is 5.75 Å². The fourth-order valence-corrected chi connectivity index (χ4v) is 4.31. The number of phenols is 1. The smallest absolute Gasteiger partial charge is 0.115 e. The molecule has 27 heavy (non-hydrogen) atoms. The van der Waals surface area contributed by atoms with Crippen LogP contribution in [0.25, 0.3) is 0 Å². The van der Waals surface area contributed by atoms with Gasteiger partial charge in [-0.1, -0.05) is 36.4 Å². The van der Waals surface area contributed by atoms with Gasteiger partial charge in [0.15, 0.2) is 0 Å². The summed E-state index contributed by atoms with van der Waals surface area (Å²) in [5.41, 5.74) is 4.21. The van der Waals surface area contributed by atoms with Crippen LogP contribution >= 0.6 is 24.8 Å². The van der Waals surface area contributed by atoms with E-state index in [0.717, 1.165) is 18.9 Å². The highest BCUT2D eigenvalue weighted by Gasteiger charge is 2.23. The minimum absolute atomic E-state index is 0. The molecule has 0 aromatic heterocycles. The van der Waals surface area contributed by atoms with Gasteiger partial charge in [0, 0.05) is 39.3 Å². The van der Waals surface area contributed by atoms with Crippen LogP contribution in [0.1, 0.15) is 23.1 Å². The zero-order valence-corrected chi connectivity index (χ0v) is 17.4. The predicted molar refractivity (Wildman–Crippen MR) is 116 cm³/mol. The van der Waals surface area contributed by atoms with Crippen molar-refractivity contribution < 1.29 is 5.11 Å². The summed E-state index contributed by atoms with van der Waals surface area (Å²) in [6.45, 7) is 7.02. The molecule has 3 nitrogen and oxygen atoms in total. The number of hydrogen-bond acceptors (Lipinski definition) is 3. The van der Waals surface area contributed by atoms with Gasteiger partial charge in [0.1, 0.15) is 5.75 Å². The average Bonchev–Trinajstić information content (AvgIpc) is 2.64. The van der Waals surface area contributed by atoms with E-state index >= 15 is 0 Å². The van der Waals surface area contributed by atoms with Crippen LogP contribution < -0.4 is 0 Å². The van der Waals surface area contributed by atoms with Crippen molar-refractivity contribution in [2.24, 2.45) is 5.92 Å². The molecule has 1 heterocycles. The van der Waals surface area contributed by atoms with Crippen LogP contribution in [-0.2, 0) is 19.4 Å². The Bertz CT molecular complexity index is 703. The van der Waals surface area contributed by atoms with Gasteiger partial charge < -0.3 is 10.0 Å². The van der Waals surface area contributed by atoms with E-state index in [4.69, 9.17) is 0 Å². The molecule has 2 aromatic rings. The Kier molecular flexibility index (Phi) is 8.43. The summed E-state index contributed by atoms with van der Waals surface area (Å²) < 4.78 is 0. The van der Waals surface area contributed by atoms with Crippen molar-refractivity contribution in [1.82, 2.24) is 9.80 Å². The Balaban J connectivity index is 0.00000131. The predicted octanol–water partition coefficient (Wildman–Crippen LogP) is 4.16. The third-order valence-corrected chi connectivity index (χ3v) is 5.75. The Morgan fingerprint density at radius 1 is 0.852 bits per heavy atom. The second kappa shape index (κ2) is 10.3. The normalized spacial score (nSPS) is 20.2. The standard InChI is InChI=1S/C22H28N2O.2ClH/c25-22-9-8-20-14-19(6-7-21(20)15-22)17-24-12-10-23(11-13-24)16-18-4-2-1-3-5-18;;/h1-5,8-9,15,19,25H,6-7,10-14,16-17H2;2*1H. The van der Waals surface area contributed by atoms with Crippen molar-refractivity contribution in [3.05, 3.63) is 65.2 Å². The van der Waals surface area contributed by atoms with Crippen LogP contribution in [0, 0.1) is 5.92 Å². The Hall–Kier alpha value is -1.26. The number of halogens is 2. The molecule has 0 saturated carbocycles. The summed E-state index contributed by atoms with van der Waals surface area (Å²) in [5.74, 6) is 1.17. The highest BCUT2D eigenvalue weighted by atomic mass is 35.5. The fraction of sp³-hybridized carbons (Fsp3) is 0.455. The molecule has 0 radical (unpaired) electrons. The molecule has 1 saturated heterocycles. The third-order valence-electron chi connectivity index (χ3n) is 5.75. The van der Waals surface area contributed by atoms with Gasteiger partial charge in [-0.25, -0.2) is 0 Å². The molecule has 4 rings (SSSR count). The van der Waals surface area contributed by atoms with Crippen molar-refractivity contribution in [3.63, 3.8) is 0 Å².